The predicted octanol–water partition coefficient (Wildman–Crippen LogP) is 1.92. The summed E-state index contributed by atoms with van der Waals surface area (Å²) in [7, 11) is -3.67. The largest absolute Gasteiger partial charge is 0.279 e. The van der Waals surface area contributed by atoms with Gasteiger partial charge in [-0.3, -0.25) is 14.4 Å². The number of aryl methyl sites for hydroxylation is 1. The van der Waals surface area contributed by atoms with E-state index in [1.165, 1.54) is 23.3 Å². The first-order chi connectivity index (χ1) is 9.97. The molecular weight excluding hydrogens is 380 g/mol. The van der Waals surface area contributed by atoms with Gasteiger partial charge in [0.1, 0.15) is 22.6 Å². The molecule has 3 aromatic heterocycles. The molecule has 11 heteroatoms. The van der Waals surface area contributed by atoms with Crippen molar-refractivity contribution < 1.29 is 8.42 Å². The molecule has 0 saturated carbocycles. The van der Waals surface area contributed by atoms with Crippen molar-refractivity contribution in [1.82, 2.24) is 25.0 Å². The Balaban J connectivity index is 2.01. The monoisotopic (exact) mass is 388 g/mol. The average molecular weight is 389 g/mol. The maximum absolute atomic E-state index is 12.4. The van der Waals surface area contributed by atoms with Gasteiger partial charge >= 0.3 is 0 Å². The summed E-state index contributed by atoms with van der Waals surface area (Å²) in [5, 5.41) is 14.2. The predicted molar refractivity (Wildman–Crippen MR) is 81.1 cm³/mol. The highest BCUT2D eigenvalue weighted by molar-refractivity contribution is 9.11. The van der Waals surface area contributed by atoms with Crippen LogP contribution in [0.15, 0.2) is 32.8 Å². The molecule has 3 rings (SSSR count). The zero-order valence-corrected chi connectivity index (χ0v) is 13.8. The minimum atomic E-state index is -3.67. The second-order valence-electron chi connectivity index (χ2n) is 4.08. The van der Waals surface area contributed by atoms with Crippen LogP contribution >= 0.6 is 27.3 Å². The molecule has 0 aliphatic heterocycles. The molecular formula is C10H9BrN6O2S2. The van der Waals surface area contributed by atoms with E-state index in [-0.39, 0.29) is 4.21 Å². The zero-order valence-electron chi connectivity index (χ0n) is 10.6. The molecule has 21 heavy (non-hydrogen) atoms. The van der Waals surface area contributed by atoms with Gasteiger partial charge in [-0.05, 0) is 35.0 Å². The number of hydrogen-bond acceptors (Lipinski definition) is 6. The molecule has 0 amide bonds. The fourth-order valence-electron chi connectivity index (χ4n) is 1.66. The van der Waals surface area contributed by atoms with Crippen LogP contribution in [0.2, 0.25) is 0 Å². The lowest BCUT2D eigenvalue weighted by Crippen LogP contribution is -2.13. The first-order valence-corrected chi connectivity index (χ1v) is 8.75. The summed E-state index contributed by atoms with van der Waals surface area (Å²) in [6, 6.07) is 3.22. The van der Waals surface area contributed by atoms with E-state index in [2.05, 4.69) is 41.0 Å². The summed E-state index contributed by atoms with van der Waals surface area (Å²) < 4.78 is 29.8. The van der Waals surface area contributed by atoms with Crippen molar-refractivity contribution in [3.05, 3.63) is 34.3 Å². The number of halogens is 1. The summed E-state index contributed by atoms with van der Waals surface area (Å²) in [5.74, 6) is 0.386. The number of nitrogens with one attached hydrogen (secondary N) is 2. The van der Waals surface area contributed by atoms with E-state index in [1.807, 2.05) is 0 Å². The maximum Gasteiger partial charge on any atom is 0.271 e. The summed E-state index contributed by atoms with van der Waals surface area (Å²) in [4.78, 5) is 0. The molecule has 0 aromatic carbocycles. The van der Waals surface area contributed by atoms with Gasteiger partial charge in [0.15, 0.2) is 5.82 Å². The highest BCUT2D eigenvalue weighted by Gasteiger charge is 2.22. The lowest BCUT2D eigenvalue weighted by Gasteiger charge is -2.07. The van der Waals surface area contributed by atoms with Crippen LogP contribution in [0.25, 0.3) is 5.82 Å². The highest BCUT2D eigenvalue weighted by atomic mass is 79.9. The Bertz CT molecular complexity index is 867. The molecule has 0 atom stereocenters. The summed E-state index contributed by atoms with van der Waals surface area (Å²) in [6.45, 7) is 1.73. The van der Waals surface area contributed by atoms with Gasteiger partial charge in [0.05, 0.1) is 9.48 Å². The molecule has 2 N–H and O–H groups in total. The fourth-order valence-corrected chi connectivity index (χ4v) is 4.80. The molecule has 0 aliphatic rings. The van der Waals surface area contributed by atoms with E-state index >= 15 is 0 Å². The van der Waals surface area contributed by atoms with Crippen molar-refractivity contribution in [2.75, 3.05) is 4.72 Å². The van der Waals surface area contributed by atoms with Crippen LogP contribution in [0.1, 0.15) is 5.69 Å². The van der Waals surface area contributed by atoms with Gasteiger partial charge in [-0.15, -0.1) is 21.5 Å². The third kappa shape index (κ3) is 2.71. The molecule has 0 fully saturated rings. The number of H-pyrrole nitrogens is 1. The fraction of sp³-hybridized carbons (Fsp3) is 0.100. The topological polar surface area (TPSA) is 106 Å². The molecule has 0 aliphatic carbocycles. The van der Waals surface area contributed by atoms with Crippen LogP contribution in [0.5, 0.6) is 0 Å². The molecule has 0 radical (unpaired) electrons. The van der Waals surface area contributed by atoms with Gasteiger partial charge in [-0.1, -0.05) is 0 Å². The van der Waals surface area contributed by atoms with Crippen LogP contribution in [-0.4, -0.2) is 33.4 Å². The van der Waals surface area contributed by atoms with E-state index in [0.29, 0.717) is 17.2 Å². The van der Waals surface area contributed by atoms with Crippen LogP contribution in [0.3, 0.4) is 0 Å². The normalized spacial score (nSPS) is 11.7. The highest BCUT2D eigenvalue weighted by Crippen LogP contribution is 2.29. The molecule has 0 saturated heterocycles. The smallest absolute Gasteiger partial charge is 0.271 e. The minimum absolute atomic E-state index is 0.213. The second-order valence-corrected chi connectivity index (χ2v) is 8.45. The van der Waals surface area contributed by atoms with Gasteiger partial charge in [0.2, 0.25) is 0 Å². The quantitative estimate of drug-likeness (QED) is 0.709. The number of aromatic amines is 1. The summed E-state index contributed by atoms with van der Waals surface area (Å²) >= 11 is 4.38. The van der Waals surface area contributed by atoms with E-state index in [1.54, 1.807) is 13.0 Å². The van der Waals surface area contributed by atoms with Crippen LogP contribution < -0.4 is 4.72 Å². The van der Waals surface area contributed by atoms with Gasteiger partial charge in [0.25, 0.3) is 10.0 Å². The third-order valence-electron chi connectivity index (χ3n) is 2.64. The van der Waals surface area contributed by atoms with Gasteiger partial charge in [-0.2, -0.15) is 5.10 Å². The van der Waals surface area contributed by atoms with Crippen LogP contribution in [0, 0.1) is 6.92 Å². The van der Waals surface area contributed by atoms with Crippen molar-refractivity contribution in [2.45, 2.75) is 11.1 Å². The first-order valence-electron chi connectivity index (χ1n) is 5.65. The standard InChI is InChI=1S/C10H9BrN6O2S2/c1-6-9(10(15-14-6)17-4-12-13-5-17)16-21(18,19)8-3-2-7(11)20-8/h2-5,16H,1H3,(H,14,15). The molecule has 0 bridgehead atoms. The lowest BCUT2D eigenvalue weighted by atomic mass is 10.4. The minimum Gasteiger partial charge on any atom is -0.279 e. The maximum atomic E-state index is 12.4. The molecule has 8 nitrogen and oxygen atoms in total. The Hall–Kier alpha value is -1.72. The number of hydrogen-bond donors (Lipinski definition) is 2. The second kappa shape index (κ2) is 5.24. The third-order valence-corrected chi connectivity index (χ3v) is 6.11. The Labute approximate surface area is 132 Å². The molecule has 0 unspecified atom stereocenters. The van der Waals surface area contributed by atoms with E-state index < -0.39 is 10.0 Å². The summed E-state index contributed by atoms with van der Waals surface area (Å²) in [5.41, 5.74) is 0.956. The molecule has 110 valence electrons. The number of rotatable bonds is 4. The van der Waals surface area contributed by atoms with E-state index in [0.717, 1.165) is 15.1 Å². The van der Waals surface area contributed by atoms with Crippen molar-refractivity contribution in [3.8, 4) is 5.82 Å². The van der Waals surface area contributed by atoms with Crippen molar-refractivity contribution >= 4 is 43.0 Å². The Kier molecular flexibility index (Phi) is 3.55. The van der Waals surface area contributed by atoms with E-state index in [4.69, 9.17) is 0 Å². The zero-order chi connectivity index (χ0) is 15.0. The molecule has 3 heterocycles. The number of anilines is 1. The van der Waals surface area contributed by atoms with Crippen LogP contribution in [-0.2, 0) is 10.0 Å². The number of sulfonamides is 1. The van der Waals surface area contributed by atoms with Crippen molar-refractivity contribution in [2.24, 2.45) is 0 Å². The Morgan fingerprint density at radius 2 is 2.05 bits per heavy atom. The first kappa shape index (κ1) is 14.2. The molecule has 0 spiro atoms. The average Bonchev–Trinajstić information content (AvgIpc) is 3.12. The number of aromatic nitrogens is 5. The molecule has 3 aromatic rings. The van der Waals surface area contributed by atoms with Gasteiger partial charge < -0.3 is 0 Å². The Morgan fingerprint density at radius 1 is 1.33 bits per heavy atom. The van der Waals surface area contributed by atoms with Gasteiger partial charge in [-0.25, -0.2) is 8.42 Å². The van der Waals surface area contributed by atoms with Crippen molar-refractivity contribution in [1.29, 1.82) is 0 Å². The summed E-state index contributed by atoms with van der Waals surface area (Å²) in [6.07, 6.45) is 2.88. The number of thiophene rings is 1. The lowest BCUT2D eigenvalue weighted by molar-refractivity contribution is 0.603. The van der Waals surface area contributed by atoms with Crippen LogP contribution in [0.4, 0.5) is 5.69 Å². The SMILES string of the molecule is Cc1[nH]nc(-n2cnnc2)c1NS(=O)(=O)c1ccc(Br)s1. The Morgan fingerprint density at radius 3 is 2.67 bits per heavy atom. The van der Waals surface area contributed by atoms with E-state index in [9.17, 15) is 8.42 Å². The van der Waals surface area contributed by atoms with Crippen molar-refractivity contribution in [3.63, 3.8) is 0 Å². The van der Waals surface area contributed by atoms with Gasteiger partial charge in [0, 0.05) is 0 Å². The number of nitrogens with zero attached hydrogens (tertiary/aromatic N) is 4.